The number of aromatic amines is 1. The number of H-pyrrole nitrogens is 1. The fraction of sp³-hybridized carbons (Fsp3) is 0.136. The number of hydrogen-bond acceptors (Lipinski definition) is 4. The molecule has 1 heterocycles. The number of hydrogen-bond donors (Lipinski definition) is 3. The number of rotatable bonds is 5. The van der Waals surface area contributed by atoms with Crippen molar-refractivity contribution in [3.05, 3.63) is 71.4 Å². The molecule has 0 bridgehead atoms. The molecule has 0 radical (unpaired) electrons. The van der Waals surface area contributed by atoms with Gasteiger partial charge in [0, 0.05) is 18.2 Å². The van der Waals surface area contributed by atoms with Crippen molar-refractivity contribution in [2.24, 2.45) is 0 Å². The number of carbonyl (C=O) groups excluding carboxylic acids is 2. The second-order valence-electron chi connectivity index (χ2n) is 6.01. The van der Waals surface area contributed by atoms with Gasteiger partial charge >= 0.3 is 0 Å². The predicted octanol–water partition coefficient (Wildman–Crippen LogP) is 2.23. The molecule has 0 aliphatic heterocycles. The third-order valence-corrected chi connectivity index (χ3v) is 4.15. The Bertz CT molecular complexity index is 1090. The zero-order valence-electron chi connectivity index (χ0n) is 16.1. The smallest absolute Gasteiger partial charge is 0.270 e. The zero-order valence-corrected chi connectivity index (χ0v) is 16.1. The molecule has 7 nitrogen and oxygen atoms in total. The van der Waals surface area contributed by atoms with Crippen molar-refractivity contribution < 1.29 is 14.3 Å². The Kier molecular flexibility index (Phi) is 6.28. The molecule has 29 heavy (non-hydrogen) atoms. The van der Waals surface area contributed by atoms with E-state index < -0.39 is 0 Å². The first-order valence-electron chi connectivity index (χ1n) is 8.90. The summed E-state index contributed by atoms with van der Waals surface area (Å²) in [6.45, 7) is 0.133. The van der Waals surface area contributed by atoms with Crippen LogP contribution in [0.3, 0.4) is 0 Å². The van der Waals surface area contributed by atoms with Gasteiger partial charge in [-0.1, -0.05) is 36.1 Å². The summed E-state index contributed by atoms with van der Waals surface area (Å²) in [5, 5.41) is 12.2. The molecule has 146 valence electrons. The maximum Gasteiger partial charge on any atom is 0.270 e. The van der Waals surface area contributed by atoms with Gasteiger partial charge in [0.2, 0.25) is 0 Å². The summed E-state index contributed by atoms with van der Waals surface area (Å²) >= 11 is 0. The second kappa shape index (κ2) is 9.24. The molecule has 0 aliphatic carbocycles. The number of carbonyl (C=O) groups is 2. The van der Waals surface area contributed by atoms with Crippen molar-refractivity contribution in [2.45, 2.75) is 0 Å². The van der Waals surface area contributed by atoms with Crippen LogP contribution in [0.25, 0.3) is 11.3 Å². The number of aromatic nitrogens is 2. The van der Waals surface area contributed by atoms with Crippen LogP contribution in [0.5, 0.6) is 5.75 Å². The van der Waals surface area contributed by atoms with Crippen molar-refractivity contribution in [2.75, 3.05) is 20.7 Å². The Morgan fingerprint density at radius 2 is 1.93 bits per heavy atom. The molecule has 1 aromatic heterocycles. The van der Waals surface area contributed by atoms with Crippen LogP contribution in [0, 0.1) is 11.8 Å². The largest absolute Gasteiger partial charge is 0.497 e. The van der Waals surface area contributed by atoms with Gasteiger partial charge in [-0.3, -0.25) is 14.7 Å². The van der Waals surface area contributed by atoms with Gasteiger partial charge in [-0.25, -0.2) is 0 Å². The number of amides is 2. The molecule has 3 aromatic rings. The summed E-state index contributed by atoms with van der Waals surface area (Å²) in [6.07, 6.45) is 0. The fourth-order valence-electron chi connectivity index (χ4n) is 2.65. The van der Waals surface area contributed by atoms with Crippen LogP contribution in [-0.2, 0) is 0 Å². The molecule has 0 saturated heterocycles. The maximum absolute atomic E-state index is 12.3. The lowest BCUT2D eigenvalue weighted by atomic mass is 10.1. The highest BCUT2D eigenvalue weighted by Crippen LogP contribution is 2.22. The van der Waals surface area contributed by atoms with Gasteiger partial charge in [-0.15, -0.1) is 0 Å². The highest BCUT2D eigenvalue weighted by Gasteiger charge is 2.11. The van der Waals surface area contributed by atoms with E-state index in [4.69, 9.17) is 4.74 Å². The van der Waals surface area contributed by atoms with Crippen LogP contribution < -0.4 is 15.4 Å². The van der Waals surface area contributed by atoms with E-state index in [0.29, 0.717) is 28.3 Å². The molecule has 7 heteroatoms. The van der Waals surface area contributed by atoms with Crippen LogP contribution >= 0.6 is 0 Å². The van der Waals surface area contributed by atoms with Crippen LogP contribution in [0.2, 0.25) is 0 Å². The van der Waals surface area contributed by atoms with Gasteiger partial charge < -0.3 is 15.4 Å². The summed E-state index contributed by atoms with van der Waals surface area (Å²) in [5.41, 5.74) is 2.90. The van der Waals surface area contributed by atoms with E-state index in [1.54, 1.807) is 44.5 Å². The molecule has 0 unspecified atom stereocenters. The fourth-order valence-corrected chi connectivity index (χ4v) is 2.65. The van der Waals surface area contributed by atoms with Crippen molar-refractivity contribution in [1.82, 2.24) is 20.8 Å². The maximum atomic E-state index is 12.3. The van der Waals surface area contributed by atoms with E-state index in [1.165, 1.54) is 0 Å². The Morgan fingerprint density at radius 1 is 1.10 bits per heavy atom. The van der Waals surface area contributed by atoms with Gasteiger partial charge in [0.25, 0.3) is 11.8 Å². The summed E-state index contributed by atoms with van der Waals surface area (Å²) in [5.74, 6) is 5.96. The monoisotopic (exact) mass is 388 g/mol. The van der Waals surface area contributed by atoms with Crippen molar-refractivity contribution in [1.29, 1.82) is 0 Å². The summed E-state index contributed by atoms with van der Waals surface area (Å²) < 4.78 is 5.21. The minimum atomic E-state index is -0.319. The van der Waals surface area contributed by atoms with Crippen LogP contribution in [0.15, 0.2) is 54.6 Å². The van der Waals surface area contributed by atoms with Gasteiger partial charge in [0.15, 0.2) is 0 Å². The molecule has 2 amide bonds. The van der Waals surface area contributed by atoms with E-state index in [0.717, 1.165) is 5.56 Å². The van der Waals surface area contributed by atoms with E-state index in [1.807, 2.05) is 24.3 Å². The number of benzene rings is 2. The SMILES string of the molecule is CNC(=O)c1ccccc1C#CCNC(=O)c1cc(-c2cccc(OC)c2)n[nH]1. The standard InChI is InChI=1S/C22H20N4O3/c1-23-21(27)18-11-4-3-7-15(18)9-6-12-24-22(28)20-14-19(25-26-20)16-8-5-10-17(13-16)29-2/h3-5,7-8,10-11,13-14H,12H2,1-2H3,(H,23,27)(H,24,28)(H,25,26). The van der Waals surface area contributed by atoms with Gasteiger partial charge in [0.05, 0.1) is 24.9 Å². The van der Waals surface area contributed by atoms with Crippen LogP contribution in [-0.4, -0.2) is 42.7 Å². The van der Waals surface area contributed by atoms with E-state index in [-0.39, 0.29) is 18.4 Å². The Morgan fingerprint density at radius 3 is 2.72 bits per heavy atom. The highest BCUT2D eigenvalue weighted by molar-refractivity contribution is 5.96. The topological polar surface area (TPSA) is 96.1 Å². The van der Waals surface area contributed by atoms with E-state index in [2.05, 4.69) is 32.7 Å². The van der Waals surface area contributed by atoms with Crippen LogP contribution in [0.1, 0.15) is 26.4 Å². The molecule has 0 spiro atoms. The predicted molar refractivity (Wildman–Crippen MR) is 110 cm³/mol. The number of nitrogens with one attached hydrogen (secondary N) is 3. The normalized spacial score (nSPS) is 9.86. The van der Waals surface area contributed by atoms with Gasteiger partial charge in [-0.05, 0) is 30.3 Å². The number of methoxy groups -OCH3 is 1. The molecule has 3 rings (SSSR count). The summed E-state index contributed by atoms with van der Waals surface area (Å²) in [4.78, 5) is 24.2. The van der Waals surface area contributed by atoms with E-state index >= 15 is 0 Å². The molecule has 0 atom stereocenters. The van der Waals surface area contributed by atoms with Crippen molar-refractivity contribution >= 4 is 11.8 Å². The second-order valence-corrected chi connectivity index (χ2v) is 6.01. The first kappa shape index (κ1) is 19.7. The molecular formula is C22H20N4O3. The zero-order chi connectivity index (χ0) is 20.6. The Hall–Kier alpha value is -4.05. The van der Waals surface area contributed by atoms with Crippen LogP contribution in [0.4, 0.5) is 0 Å². The highest BCUT2D eigenvalue weighted by atomic mass is 16.5. The van der Waals surface area contributed by atoms with Crippen molar-refractivity contribution in [3.63, 3.8) is 0 Å². The minimum Gasteiger partial charge on any atom is -0.497 e. The number of nitrogens with zero attached hydrogens (tertiary/aromatic N) is 1. The third-order valence-electron chi connectivity index (χ3n) is 4.15. The molecule has 2 aromatic carbocycles. The Labute approximate surface area is 168 Å². The summed E-state index contributed by atoms with van der Waals surface area (Å²) in [6, 6.07) is 16.1. The quantitative estimate of drug-likeness (QED) is 0.584. The van der Waals surface area contributed by atoms with E-state index in [9.17, 15) is 9.59 Å². The lowest BCUT2D eigenvalue weighted by Gasteiger charge is -2.02. The average molecular weight is 388 g/mol. The average Bonchev–Trinajstić information content (AvgIpc) is 3.27. The lowest BCUT2D eigenvalue weighted by Crippen LogP contribution is -2.24. The summed E-state index contributed by atoms with van der Waals surface area (Å²) in [7, 11) is 3.16. The number of ether oxygens (including phenoxy) is 1. The molecule has 0 fully saturated rings. The van der Waals surface area contributed by atoms with Crippen molar-refractivity contribution in [3.8, 4) is 28.8 Å². The first-order valence-corrected chi connectivity index (χ1v) is 8.90. The van der Waals surface area contributed by atoms with Gasteiger partial charge in [-0.2, -0.15) is 5.10 Å². The minimum absolute atomic E-state index is 0.133. The molecule has 3 N–H and O–H groups in total. The Balaban J connectivity index is 1.64. The first-order chi connectivity index (χ1) is 14.1. The van der Waals surface area contributed by atoms with Gasteiger partial charge in [0.1, 0.15) is 11.4 Å². The molecule has 0 aliphatic rings. The molecular weight excluding hydrogens is 368 g/mol. The lowest BCUT2D eigenvalue weighted by molar-refractivity contribution is 0.0948. The molecule has 0 saturated carbocycles. The third kappa shape index (κ3) is 4.82.